The first-order valence-electron chi connectivity index (χ1n) is 7.21. The molecule has 0 amide bonds. The first-order chi connectivity index (χ1) is 10.1. The standard InChI is InChI=1S/C18H24N2O/c1-13-9-10-16(14(2)11-13)20(3)17(12-19)15-7-5-6-8-18(15)21-4/h5-11,17H,12,19H2,1-4H3. The van der Waals surface area contributed by atoms with Gasteiger partial charge in [-0.3, -0.25) is 0 Å². The number of likely N-dealkylation sites (N-methyl/N-ethyl adjacent to an activating group) is 1. The van der Waals surface area contributed by atoms with Crippen LogP contribution < -0.4 is 15.4 Å². The predicted octanol–water partition coefficient (Wildman–Crippen LogP) is 3.45. The van der Waals surface area contributed by atoms with E-state index in [1.165, 1.54) is 16.8 Å². The number of ether oxygens (including phenoxy) is 1. The molecule has 0 aliphatic heterocycles. The monoisotopic (exact) mass is 284 g/mol. The van der Waals surface area contributed by atoms with Gasteiger partial charge in [0.15, 0.2) is 0 Å². The summed E-state index contributed by atoms with van der Waals surface area (Å²) in [6, 6.07) is 14.6. The summed E-state index contributed by atoms with van der Waals surface area (Å²) in [5.41, 5.74) is 10.9. The third-order valence-corrected chi connectivity index (χ3v) is 3.92. The topological polar surface area (TPSA) is 38.5 Å². The first kappa shape index (κ1) is 15.4. The highest BCUT2D eigenvalue weighted by Gasteiger charge is 2.20. The van der Waals surface area contributed by atoms with Crippen LogP contribution in [-0.2, 0) is 0 Å². The van der Waals surface area contributed by atoms with Crippen LogP contribution >= 0.6 is 0 Å². The Balaban J connectivity index is 2.40. The Bertz CT molecular complexity index is 610. The molecule has 0 spiro atoms. The summed E-state index contributed by atoms with van der Waals surface area (Å²) in [6.45, 7) is 4.77. The lowest BCUT2D eigenvalue weighted by Gasteiger charge is -2.31. The Morgan fingerprint density at radius 1 is 1.14 bits per heavy atom. The van der Waals surface area contributed by atoms with Crippen LogP contribution in [-0.4, -0.2) is 20.7 Å². The predicted molar refractivity (Wildman–Crippen MR) is 89.1 cm³/mol. The first-order valence-corrected chi connectivity index (χ1v) is 7.21. The molecule has 2 aromatic rings. The molecule has 0 aliphatic carbocycles. The number of nitrogens with two attached hydrogens (primary N) is 1. The van der Waals surface area contributed by atoms with E-state index in [0.29, 0.717) is 6.54 Å². The number of nitrogens with zero attached hydrogens (tertiary/aromatic N) is 1. The van der Waals surface area contributed by atoms with Crippen LogP contribution in [0.1, 0.15) is 22.7 Å². The van der Waals surface area contributed by atoms with E-state index in [1.54, 1.807) is 7.11 Å². The zero-order valence-electron chi connectivity index (χ0n) is 13.3. The summed E-state index contributed by atoms with van der Waals surface area (Å²) in [4.78, 5) is 2.23. The van der Waals surface area contributed by atoms with Crippen molar-refractivity contribution >= 4 is 5.69 Å². The van der Waals surface area contributed by atoms with E-state index in [1.807, 2.05) is 18.2 Å². The van der Waals surface area contributed by atoms with E-state index < -0.39 is 0 Å². The van der Waals surface area contributed by atoms with Gasteiger partial charge in [-0.2, -0.15) is 0 Å². The van der Waals surface area contributed by atoms with Crippen molar-refractivity contribution in [3.8, 4) is 5.75 Å². The molecule has 0 heterocycles. The van der Waals surface area contributed by atoms with Crippen molar-refractivity contribution < 1.29 is 4.74 Å². The Morgan fingerprint density at radius 2 is 1.86 bits per heavy atom. The second-order valence-electron chi connectivity index (χ2n) is 5.39. The summed E-state index contributed by atoms with van der Waals surface area (Å²) in [6.07, 6.45) is 0. The van der Waals surface area contributed by atoms with Gasteiger partial charge in [-0.15, -0.1) is 0 Å². The molecule has 0 radical (unpaired) electrons. The quantitative estimate of drug-likeness (QED) is 0.914. The van der Waals surface area contributed by atoms with Crippen LogP contribution in [0.5, 0.6) is 5.75 Å². The van der Waals surface area contributed by atoms with Crippen molar-refractivity contribution in [1.29, 1.82) is 0 Å². The van der Waals surface area contributed by atoms with Crippen LogP contribution in [0.2, 0.25) is 0 Å². The summed E-state index contributed by atoms with van der Waals surface area (Å²) in [5, 5.41) is 0. The number of methoxy groups -OCH3 is 1. The number of hydrogen-bond donors (Lipinski definition) is 1. The molecule has 1 unspecified atom stereocenters. The van der Waals surface area contributed by atoms with E-state index in [0.717, 1.165) is 11.3 Å². The van der Waals surface area contributed by atoms with Gasteiger partial charge >= 0.3 is 0 Å². The molecule has 2 N–H and O–H groups in total. The van der Waals surface area contributed by atoms with Crippen LogP contribution in [0, 0.1) is 13.8 Å². The van der Waals surface area contributed by atoms with E-state index in [-0.39, 0.29) is 6.04 Å². The van der Waals surface area contributed by atoms with Gasteiger partial charge < -0.3 is 15.4 Å². The van der Waals surface area contributed by atoms with Gasteiger partial charge in [0.05, 0.1) is 13.2 Å². The van der Waals surface area contributed by atoms with Gasteiger partial charge in [0, 0.05) is 24.8 Å². The number of benzene rings is 2. The van der Waals surface area contributed by atoms with Crippen molar-refractivity contribution in [3.63, 3.8) is 0 Å². The van der Waals surface area contributed by atoms with E-state index in [9.17, 15) is 0 Å². The zero-order valence-corrected chi connectivity index (χ0v) is 13.3. The van der Waals surface area contributed by atoms with Crippen LogP contribution in [0.4, 0.5) is 5.69 Å². The smallest absolute Gasteiger partial charge is 0.124 e. The molecule has 1 atom stereocenters. The lowest BCUT2D eigenvalue weighted by molar-refractivity contribution is 0.405. The summed E-state index contributed by atoms with van der Waals surface area (Å²) < 4.78 is 5.48. The van der Waals surface area contributed by atoms with E-state index >= 15 is 0 Å². The van der Waals surface area contributed by atoms with Gasteiger partial charge in [-0.25, -0.2) is 0 Å². The lowest BCUT2D eigenvalue weighted by atomic mass is 10.0. The van der Waals surface area contributed by atoms with Gasteiger partial charge in [0.25, 0.3) is 0 Å². The van der Waals surface area contributed by atoms with Crippen molar-refractivity contribution in [2.45, 2.75) is 19.9 Å². The Hall–Kier alpha value is -2.00. The second kappa shape index (κ2) is 6.64. The highest BCUT2D eigenvalue weighted by molar-refractivity contribution is 5.56. The molecule has 2 rings (SSSR count). The molecule has 0 saturated carbocycles. The lowest BCUT2D eigenvalue weighted by Crippen LogP contribution is -2.31. The normalized spacial score (nSPS) is 12.0. The van der Waals surface area contributed by atoms with Crippen molar-refractivity contribution in [2.24, 2.45) is 5.73 Å². The van der Waals surface area contributed by atoms with Crippen molar-refractivity contribution in [1.82, 2.24) is 0 Å². The van der Waals surface area contributed by atoms with Gasteiger partial charge in [-0.1, -0.05) is 35.9 Å². The van der Waals surface area contributed by atoms with Crippen molar-refractivity contribution in [3.05, 3.63) is 59.2 Å². The number of rotatable bonds is 5. The van der Waals surface area contributed by atoms with Gasteiger partial charge in [0.1, 0.15) is 5.75 Å². The zero-order chi connectivity index (χ0) is 15.4. The SMILES string of the molecule is COc1ccccc1C(CN)N(C)c1ccc(C)cc1C. The average molecular weight is 284 g/mol. The molecule has 21 heavy (non-hydrogen) atoms. The van der Waals surface area contributed by atoms with Crippen LogP contribution in [0.3, 0.4) is 0 Å². The number of aryl methyl sites for hydroxylation is 2. The number of para-hydroxylation sites is 1. The molecule has 3 heteroatoms. The molecule has 0 saturated heterocycles. The molecule has 0 fully saturated rings. The Labute approximate surface area is 127 Å². The molecular weight excluding hydrogens is 260 g/mol. The van der Waals surface area contributed by atoms with E-state index in [2.05, 4.69) is 50.1 Å². The average Bonchev–Trinajstić information content (AvgIpc) is 2.48. The third kappa shape index (κ3) is 3.19. The largest absolute Gasteiger partial charge is 0.496 e. The molecule has 0 aliphatic rings. The maximum atomic E-state index is 6.05. The third-order valence-electron chi connectivity index (χ3n) is 3.92. The Morgan fingerprint density at radius 3 is 2.48 bits per heavy atom. The maximum Gasteiger partial charge on any atom is 0.124 e. The molecule has 3 nitrogen and oxygen atoms in total. The highest BCUT2D eigenvalue weighted by atomic mass is 16.5. The molecular formula is C18H24N2O. The fraction of sp³-hybridized carbons (Fsp3) is 0.333. The molecule has 0 aromatic heterocycles. The molecule has 2 aromatic carbocycles. The van der Waals surface area contributed by atoms with Crippen LogP contribution in [0.15, 0.2) is 42.5 Å². The number of anilines is 1. The number of hydrogen-bond acceptors (Lipinski definition) is 3. The van der Waals surface area contributed by atoms with E-state index in [4.69, 9.17) is 10.5 Å². The molecule has 0 bridgehead atoms. The molecule has 112 valence electrons. The highest BCUT2D eigenvalue weighted by Crippen LogP contribution is 2.32. The minimum atomic E-state index is 0.0857. The Kier molecular flexibility index (Phi) is 4.86. The summed E-state index contributed by atoms with van der Waals surface area (Å²) in [7, 11) is 3.78. The fourth-order valence-corrected chi connectivity index (χ4v) is 2.80. The van der Waals surface area contributed by atoms with Gasteiger partial charge in [-0.05, 0) is 31.5 Å². The summed E-state index contributed by atoms with van der Waals surface area (Å²) >= 11 is 0. The fourth-order valence-electron chi connectivity index (χ4n) is 2.80. The van der Waals surface area contributed by atoms with Crippen LogP contribution in [0.25, 0.3) is 0 Å². The van der Waals surface area contributed by atoms with Gasteiger partial charge in [0.2, 0.25) is 0 Å². The minimum Gasteiger partial charge on any atom is -0.496 e. The second-order valence-corrected chi connectivity index (χ2v) is 5.39. The van der Waals surface area contributed by atoms with Crippen molar-refractivity contribution in [2.75, 3.05) is 25.6 Å². The minimum absolute atomic E-state index is 0.0857. The summed E-state index contributed by atoms with van der Waals surface area (Å²) in [5.74, 6) is 0.879. The maximum absolute atomic E-state index is 6.05.